The van der Waals surface area contributed by atoms with Crippen molar-refractivity contribution in [3.63, 3.8) is 0 Å². The third-order valence-corrected chi connectivity index (χ3v) is 4.06. The van der Waals surface area contributed by atoms with Gasteiger partial charge in [0, 0.05) is 23.5 Å². The van der Waals surface area contributed by atoms with E-state index in [4.69, 9.17) is 5.73 Å². The Kier molecular flexibility index (Phi) is 2.82. The first-order valence-electron chi connectivity index (χ1n) is 6.08. The average molecular weight is 294 g/mol. The molecule has 4 heteroatoms. The van der Waals surface area contributed by atoms with Crippen LogP contribution in [-0.2, 0) is 0 Å². The highest BCUT2D eigenvalue weighted by Crippen LogP contribution is 2.43. The molecule has 1 aliphatic heterocycles. The minimum absolute atomic E-state index is 0.400. The largest absolute Gasteiger partial charge is 0.370 e. The third kappa shape index (κ3) is 2.32. The standard InChI is InChI=1S/C13H16BrN3/c14-10-4-2-9(3-5-10)11-8-12(11)16-13(15)17-6-1-7-17/h2-5,11-12H,1,6-8H2,(H2,15,16)/t11-,12+/m0/s1. The Labute approximate surface area is 110 Å². The van der Waals surface area contributed by atoms with E-state index in [1.54, 1.807) is 0 Å². The predicted octanol–water partition coefficient (Wildman–Crippen LogP) is 2.33. The number of nitrogens with zero attached hydrogens (tertiary/aromatic N) is 2. The fourth-order valence-electron chi connectivity index (χ4n) is 2.19. The van der Waals surface area contributed by atoms with Crippen molar-refractivity contribution in [3.05, 3.63) is 34.3 Å². The molecule has 1 aromatic carbocycles. The molecule has 17 heavy (non-hydrogen) atoms. The van der Waals surface area contributed by atoms with Crippen molar-refractivity contribution in [1.82, 2.24) is 4.90 Å². The summed E-state index contributed by atoms with van der Waals surface area (Å²) in [6.45, 7) is 2.15. The number of hydrogen-bond acceptors (Lipinski definition) is 1. The summed E-state index contributed by atoms with van der Waals surface area (Å²) in [4.78, 5) is 6.75. The molecule has 2 aliphatic rings. The summed E-state index contributed by atoms with van der Waals surface area (Å²) in [6.07, 6.45) is 2.38. The molecule has 0 radical (unpaired) electrons. The van der Waals surface area contributed by atoms with Gasteiger partial charge in [-0.1, -0.05) is 28.1 Å². The summed E-state index contributed by atoms with van der Waals surface area (Å²) in [5.41, 5.74) is 7.33. The van der Waals surface area contributed by atoms with Crippen molar-refractivity contribution in [2.75, 3.05) is 13.1 Å². The van der Waals surface area contributed by atoms with Gasteiger partial charge in [0.05, 0.1) is 6.04 Å². The molecule has 2 N–H and O–H groups in total. The molecular weight excluding hydrogens is 278 g/mol. The molecule has 1 saturated heterocycles. The monoisotopic (exact) mass is 293 g/mol. The first-order valence-corrected chi connectivity index (χ1v) is 6.87. The summed E-state index contributed by atoms with van der Waals surface area (Å²) in [5, 5.41) is 0. The van der Waals surface area contributed by atoms with Crippen molar-refractivity contribution in [1.29, 1.82) is 0 Å². The fraction of sp³-hybridized carbons (Fsp3) is 0.462. The molecule has 1 aromatic rings. The second-order valence-corrected chi connectivity index (χ2v) is 5.70. The molecule has 1 saturated carbocycles. The highest BCUT2D eigenvalue weighted by molar-refractivity contribution is 9.10. The van der Waals surface area contributed by atoms with E-state index in [-0.39, 0.29) is 0 Å². The van der Waals surface area contributed by atoms with E-state index in [1.807, 2.05) is 0 Å². The zero-order valence-electron chi connectivity index (χ0n) is 9.64. The Morgan fingerprint density at radius 2 is 2.00 bits per heavy atom. The Hall–Kier alpha value is -1.03. The highest BCUT2D eigenvalue weighted by Gasteiger charge is 2.39. The van der Waals surface area contributed by atoms with E-state index in [2.05, 4.69) is 50.1 Å². The number of hydrogen-bond donors (Lipinski definition) is 1. The Balaban J connectivity index is 1.64. The average Bonchev–Trinajstić information content (AvgIpc) is 2.95. The zero-order chi connectivity index (χ0) is 11.8. The Morgan fingerprint density at radius 3 is 2.59 bits per heavy atom. The van der Waals surface area contributed by atoms with Crippen molar-refractivity contribution in [2.45, 2.75) is 24.8 Å². The minimum atomic E-state index is 0.400. The van der Waals surface area contributed by atoms with Gasteiger partial charge >= 0.3 is 0 Å². The van der Waals surface area contributed by atoms with Gasteiger partial charge in [-0.15, -0.1) is 0 Å². The number of guanidine groups is 1. The molecule has 0 spiro atoms. The van der Waals surface area contributed by atoms with Crippen molar-refractivity contribution >= 4 is 21.9 Å². The van der Waals surface area contributed by atoms with Crippen LogP contribution >= 0.6 is 15.9 Å². The van der Waals surface area contributed by atoms with Crippen LogP contribution in [0.3, 0.4) is 0 Å². The Morgan fingerprint density at radius 1 is 1.29 bits per heavy atom. The van der Waals surface area contributed by atoms with Gasteiger partial charge in [-0.3, -0.25) is 0 Å². The summed E-state index contributed by atoms with van der Waals surface area (Å²) in [7, 11) is 0. The van der Waals surface area contributed by atoms with Crippen LogP contribution in [0, 0.1) is 0 Å². The summed E-state index contributed by atoms with van der Waals surface area (Å²) in [6, 6.07) is 8.92. The van der Waals surface area contributed by atoms with E-state index in [0.29, 0.717) is 12.0 Å². The molecule has 0 bridgehead atoms. The molecule has 3 nitrogen and oxygen atoms in total. The number of rotatable bonds is 2. The van der Waals surface area contributed by atoms with E-state index < -0.39 is 0 Å². The topological polar surface area (TPSA) is 41.6 Å². The lowest BCUT2D eigenvalue weighted by Gasteiger charge is -2.31. The quantitative estimate of drug-likeness (QED) is 0.672. The van der Waals surface area contributed by atoms with Crippen LogP contribution in [0.2, 0.25) is 0 Å². The maximum Gasteiger partial charge on any atom is 0.191 e. The van der Waals surface area contributed by atoms with Crippen molar-refractivity contribution in [3.8, 4) is 0 Å². The zero-order valence-corrected chi connectivity index (χ0v) is 11.2. The van der Waals surface area contributed by atoms with Crippen molar-refractivity contribution in [2.24, 2.45) is 10.7 Å². The van der Waals surface area contributed by atoms with Gasteiger partial charge in [-0.2, -0.15) is 0 Å². The van der Waals surface area contributed by atoms with Gasteiger partial charge in [0.25, 0.3) is 0 Å². The maximum atomic E-state index is 5.95. The van der Waals surface area contributed by atoms with E-state index in [1.165, 1.54) is 12.0 Å². The molecule has 90 valence electrons. The van der Waals surface area contributed by atoms with Gasteiger partial charge in [-0.05, 0) is 30.5 Å². The lowest BCUT2D eigenvalue weighted by Crippen LogP contribution is -2.46. The normalized spacial score (nSPS) is 27.8. The van der Waals surface area contributed by atoms with Crippen LogP contribution in [0.5, 0.6) is 0 Å². The summed E-state index contributed by atoms with van der Waals surface area (Å²) >= 11 is 3.45. The molecule has 2 atom stereocenters. The smallest absolute Gasteiger partial charge is 0.191 e. The van der Waals surface area contributed by atoms with Gasteiger partial charge in [0.1, 0.15) is 0 Å². The van der Waals surface area contributed by atoms with Crippen molar-refractivity contribution < 1.29 is 0 Å². The number of likely N-dealkylation sites (tertiary alicyclic amines) is 1. The molecule has 1 aliphatic carbocycles. The predicted molar refractivity (Wildman–Crippen MR) is 73.1 cm³/mol. The molecule has 1 heterocycles. The summed E-state index contributed by atoms with van der Waals surface area (Å²) < 4.78 is 1.13. The van der Waals surface area contributed by atoms with Crippen LogP contribution in [0.25, 0.3) is 0 Å². The highest BCUT2D eigenvalue weighted by atomic mass is 79.9. The van der Waals surface area contributed by atoms with E-state index >= 15 is 0 Å². The van der Waals surface area contributed by atoms with E-state index in [9.17, 15) is 0 Å². The summed E-state index contributed by atoms with van der Waals surface area (Å²) in [5.74, 6) is 1.31. The number of aliphatic imine (C=N–C) groups is 1. The second-order valence-electron chi connectivity index (χ2n) is 4.79. The molecule has 2 fully saturated rings. The minimum Gasteiger partial charge on any atom is -0.370 e. The van der Waals surface area contributed by atoms with Crippen LogP contribution < -0.4 is 5.73 Å². The molecular formula is C13H16BrN3. The van der Waals surface area contributed by atoms with E-state index in [0.717, 1.165) is 29.9 Å². The third-order valence-electron chi connectivity index (χ3n) is 3.53. The van der Waals surface area contributed by atoms with Gasteiger partial charge < -0.3 is 10.6 Å². The molecule has 0 unspecified atom stereocenters. The molecule has 3 rings (SSSR count). The second kappa shape index (κ2) is 4.33. The first kappa shape index (κ1) is 11.1. The lowest BCUT2D eigenvalue weighted by atomic mass is 10.1. The molecule has 0 amide bonds. The van der Waals surface area contributed by atoms with Crippen LogP contribution in [0.15, 0.2) is 33.7 Å². The number of nitrogens with two attached hydrogens (primary N) is 1. The SMILES string of the molecule is NC(=N[C@@H]1C[C@H]1c1ccc(Br)cc1)N1CCC1. The van der Waals surface area contributed by atoms with Crippen LogP contribution in [0.4, 0.5) is 0 Å². The lowest BCUT2D eigenvalue weighted by molar-refractivity contribution is 0.295. The Bertz CT molecular complexity index is 436. The maximum absolute atomic E-state index is 5.95. The van der Waals surface area contributed by atoms with Gasteiger partial charge in [0.15, 0.2) is 5.96 Å². The number of benzene rings is 1. The fourth-order valence-corrected chi connectivity index (χ4v) is 2.45. The van der Waals surface area contributed by atoms with Crippen LogP contribution in [0.1, 0.15) is 24.3 Å². The van der Waals surface area contributed by atoms with Gasteiger partial charge in [-0.25, -0.2) is 4.99 Å². The van der Waals surface area contributed by atoms with Crippen LogP contribution in [-0.4, -0.2) is 30.0 Å². The first-order chi connectivity index (χ1) is 8.24. The number of halogens is 1. The van der Waals surface area contributed by atoms with Gasteiger partial charge in [0.2, 0.25) is 0 Å². The molecule has 0 aromatic heterocycles.